The van der Waals surface area contributed by atoms with Gasteiger partial charge in [-0.05, 0) is 13.8 Å². The molecule has 0 aliphatic rings. The fourth-order valence-electron chi connectivity index (χ4n) is 0. The van der Waals surface area contributed by atoms with Gasteiger partial charge in [-0.3, -0.25) is 6.29 Å². The zero-order valence-electron chi connectivity index (χ0n) is 5.82. The molecule has 0 atom stereocenters. The first-order chi connectivity index (χ1) is 3.15. The first-order valence-corrected chi connectivity index (χ1v) is 1.91. The number of ketones is 1. The molecule has 0 amide bonds. The number of carbonyl (C=O) groups is 1. The third-order valence-electron chi connectivity index (χ3n) is 0. The maximum Gasteiger partial charge on any atom is 1.00 e. The molecule has 0 N–H and O–H groups in total. The molecule has 0 saturated heterocycles. The van der Waals surface area contributed by atoms with E-state index in [1.807, 2.05) is 0 Å². The molecule has 0 rings (SSSR count). The molecule has 0 aromatic carbocycles. The second-order valence-corrected chi connectivity index (χ2v) is 1.11. The van der Waals surface area contributed by atoms with E-state index < -0.39 is 0 Å². The molecule has 0 saturated carbocycles. The summed E-state index contributed by atoms with van der Waals surface area (Å²) >= 11 is 0. The topological polar surface area (TPSA) is 34.1 Å². The van der Waals surface area contributed by atoms with Gasteiger partial charge in [0.1, 0.15) is 5.78 Å². The Bertz CT molecular complexity index is 58.1. The summed E-state index contributed by atoms with van der Waals surface area (Å²) in [5.74, 6) is 0.167. The molecule has 3 heteroatoms. The minimum Gasteiger partial charge on any atom is -0.542 e. The molecule has 50 valence electrons. The zero-order chi connectivity index (χ0) is 6.28. The average molecular weight is 203 g/mol. The summed E-state index contributed by atoms with van der Waals surface area (Å²) in [6.07, 6.45) is 1.50. The van der Waals surface area contributed by atoms with Crippen LogP contribution in [0, 0.1) is 0 Å². The Morgan fingerprint density at radius 2 is 1.33 bits per heavy atom. The smallest absolute Gasteiger partial charge is 0.542 e. The van der Waals surface area contributed by atoms with Crippen molar-refractivity contribution in [3.05, 3.63) is 0 Å². The Kier molecular flexibility index (Phi) is 57.2. The molecule has 2 nitrogen and oxygen atoms in total. The molecule has 9 heavy (non-hydrogen) atoms. The molecule has 0 bridgehead atoms. The monoisotopic (exact) mass is 202 g/mol. The van der Waals surface area contributed by atoms with Crippen LogP contribution in [0.3, 0.4) is 0 Å². The van der Waals surface area contributed by atoms with Crippen LogP contribution in [0.25, 0.3) is 0 Å². The summed E-state index contributed by atoms with van der Waals surface area (Å²) in [6.45, 7) is 4.38. The Hall–Kier alpha value is 1.15. The molecule has 0 aromatic rings. The van der Waals surface area contributed by atoms with Gasteiger partial charge in [-0.25, -0.2) is 0 Å². The number of Topliss-reactive ketones (excluding diaryl/α,β-unsaturated/α-hetero) is 1. The van der Waals surface area contributed by atoms with E-state index in [1.54, 1.807) is 0 Å². The van der Waals surface area contributed by atoms with E-state index in [-0.39, 0.29) is 71.4 Å². The van der Waals surface area contributed by atoms with Crippen LogP contribution in [0.15, 0.2) is 0 Å². The van der Waals surface area contributed by atoms with Gasteiger partial charge < -0.3 is 9.59 Å². The van der Waals surface area contributed by atoms with E-state index in [4.69, 9.17) is 4.79 Å². The van der Waals surface area contributed by atoms with Crippen LogP contribution in [0.1, 0.15) is 28.2 Å². The molecule has 0 fully saturated rings. The molecular formula is C6H13O2Rb. The first-order valence-electron chi connectivity index (χ1n) is 1.91. The minimum atomic E-state index is 0. The molecule has 0 aromatic heterocycles. The van der Waals surface area contributed by atoms with E-state index in [9.17, 15) is 4.79 Å². The molecule has 0 aliphatic heterocycles. The largest absolute Gasteiger partial charge is 1.00 e. The van der Waals surface area contributed by atoms with E-state index >= 15 is 0 Å². The summed E-state index contributed by atoms with van der Waals surface area (Å²) in [4.78, 5) is 18.1. The molecule has 0 spiro atoms. The van der Waals surface area contributed by atoms with Gasteiger partial charge in [0.05, 0.1) is 0 Å². The van der Waals surface area contributed by atoms with Gasteiger partial charge in [0.25, 0.3) is 0 Å². The van der Waals surface area contributed by atoms with Crippen molar-refractivity contribution in [3.8, 4) is 0 Å². The van der Waals surface area contributed by atoms with Gasteiger partial charge in [0.15, 0.2) is 0 Å². The normalized spacial score (nSPS) is 4.33. The zero-order valence-corrected chi connectivity index (χ0v) is 10.7. The predicted octanol–water partition coefficient (Wildman–Crippen LogP) is -1.65. The minimum absolute atomic E-state index is 0. The quantitative estimate of drug-likeness (QED) is 0.442. The fourth-order valence-corrected chi connectivity index (χ4v) is 0. The van der Waals surface area contributed by atoms with Crippen LogP contribution in [0.4, 0.5) is 0 Å². The van der Waals surface area contributed by atoms with Crippen LogP contribution in [0.2, 0.25) is 0 Å². The molecule has 0 radical (unpaired) electrons. The number of carbonyl (C=O) groups excluding carboxylic acids is 2. The van der Waals surface area contributed by atoms with Crippen LogP contribution in [0.5, 0.6) is 0 Å². The van der Waals surface area contributed by atoms with Gasteiger partial charge in [0.2, 0.25) is 0 Å². The van der Waals surface area contributed by atoms with E-state index in [0.29, 0.717) is 0 Å². The third kappa shape index (κ3) is 356. The van der Waals surface area contributed by atoms with Crippen LogP contribution < -0.4 is 58.2 Å². The maximum absolute atomic E-state index is 9.44. The number of hydrogen-bond acceptors (Lipinski definition) is 2. The SMILES string of the molecule is C.CC(C)=O.C[C-]=O.[Rb+]. The average Bonchev–Trinajstić information content (AvgIpc) is 1.33. The number of hydrogen-bond donors (Lipinski definition) is 0. The van der Waals surface area contributed by atoms with Crippen molar-refractivity contribution < 1.29 is 67.8 Å². The summed E-state index contributed by atoms with van der Waals surface area (Å²) < 4.78 is 0. The van der Waals surface area contributed by atoms with Crippen molar-refractivity contribution >= 4 is 12.1 Å². The van der Waals surface area contributed by atoms with E-state index in [0.717, 1.165) is 0 Å². The molecule has 0 aliphatic carbocycles. The van der Waals surface area contributed by atoms with Crippen molar-refractivity contribution in [2.75, 3.05) is 0 Å². The Morgan fingerprint density at radius 3 is 1.33 bits per heavy atom. The fraction of sp³-hybridized carbons (Fsp3) is 0.667. The Balaban J connectivity index is -0.0000000233. The van der Waals surface area contributed by atoms with Crippen LogP contribution >= 0.6 is 0 Å². The summed E-state index contributed by atoms with van der Waals surface area (Å²) in [5.41, 5.74) is 0. The van der Waals surface area contributed by atoms with Gasteiger partial charge in [-0.2, -0.15) is 6.92 Å². The van der Waals surface area contributed by atoms with Gasteiger partial charge >= 0.3 is 58.2 Å². The van der Waals surface area contributed by atoms with Crippen molar-refractivity contribution in [1.82, 2.24) is 0 Å². The summed E-state index contributed by atoms with van der Waals surface area (Å²) in [7, 11) is 0. The summed E-state index contributed by atoms with van der Waals surface area (Å²) in [6, 6.07) is 0. The summed E-state index contributed by atoms with van der Waals surface area (Å²) in [5, 5.41) is 0. The van der Waals surface area contributed by atoms with Crippen LogP contribution in [-0.2, 0) is 9.59 Å². The maximum atomic E-state index is 9.44. The Morgan fingerprint density at radius 1 is 1.33 bits per heavy atom. The van der Waals surface area contributed by atoms with Gasteiger partial charge in [-0.15, -0.1) is 0 Å². The van der Waals surface area contributed by atoms with E-state index in [1.165, 1.54) is 27.1 Å². The van der Waals surface area contributed by atoms with E-state index in [2.05, 4.69) is 0 Å². The molecule has 0 unspecified atom stereocenters. The standard InChI is InChI=1S/C3H6O.C2H3O.CH4.Rb/c1-3(2)4;1-2-3;;/h1-2H3;1H3;1H4;/q;-1;;+1. The van der Waals surface area contributed by atoms with Gasteiger partial charge in [-0.1, -0.05) is 7.43 Å². The van der Waals surface area contributed by atoms with Crippen molar-refractivity contribution in [2.45, 2.75) is 28.2 Å². The molecule has 0 heterocycles. The third-order valence-corrected chi connectivity index (χ3v) is 0. The number of rotatable bonds is 0. The second kappa shape index (κ2) is 22.9. The van der Waals surface area contributed by atoms with Crippen molar-refractivity contribution in [3.63, 3.8) is 0 Å². The van der Waals surface area contributed by atoms with Crippen molar-refractivity contribution in [1.29, 1.82) is 0 Å². The van der Waals surface area contributed by atoms with Crippen LogP contribution in [-0.4, -0.2) is 12.1 Å². The van der Waals surface area contributed by atoms with Crippen molar-refractivity contribution in [2.24, 2.45) is 0 Å². The second-order valence-electron chi connectivity index (χ2n) is 1.11. The van der Waals surface area contributed by atoms with Gasteiger partial charge in [0, 0.05) is 0 Å². The predicted molar refractivity (Wildman–Crippen MR) is 34.5 cm³/mol. The Labute approximate surface area is 106 Å². The molecular weight excluding hydrogens is 190 g/mol. The first kappa shape index (κ1) is 22.5.